The predicted octanol–water partition coefficient (Wildman–Crippen LogP) is 5.48. The lowest BCUT2D eigenvalue weighted by Gasteiger charge is -2.33. The van der Waals surface area contributed by atoms with Crippen LogP contribution in [0.2, 0.25) is 0 Å². The largest absolute Gasteiger partial charge is 0.467 e. The second-order valence-corrected chi connectivity index (χ2v) is 9.04. The fraction of sp³-hybridized carbons (Fsp3) is 0.360. The molecule has 2 heterocycles. The van der Waals surface area contributed by atoms with Crippen LogP contribution in [0.5, 0.6) is 0 Å². The van der Waals surface area contributed by atoms with Crippen molar-refractivity contribution in [3.8, 4) is 0 Å². The van der Waals surface area contributed by atoms with Gasteiger partial charge in [-0.1, -0.05) is 49.6 Å². The molecule has 0 aliphatic heterocycles. The third-order valence-electron chi connectivity index (χ3n) is 5.89. The van der Waals surface area contributed by atoms with Crippen molar-refractivity contribution in [1.29, 1.82) is 0 Å². The van der Waals surface area contributed by atoms with Crippen LogP contribution in [0.15, 0.2) is 64.6 Å². The summed E-state index contributed by atoms with van der Waals surface area (Å²) in [6, 6.07) is 14.5. The van der Waals surface area contributed by atoms with Gasteiger partial charge in [-0.2, -0.15) is 0 Å². The van der Waals surface area contributed by atoms with Crippen LogP contribution in [0.4, 0.5) is 0 Å². The van der Waals surface area contributed by atoms with Gasteiger partial charge in [0.05, 0.1) is 17.7 Å². The Morgan fingerprint density at radius 1 is 1.10 bits per heavy atom. The molecule has 31 heavy (non-hydrogen) atoms. The lowest BCUT2D eigenvalue weighted by molar-refractivity contribution is -0.127. The summed E-state index contributed by atoms with van der Waals surface area (Å²) in [4.78, 5) is 29.5. The molecule has 5 nitrogen and oxygen atoms in total. The first-order chi connectivity index (χ1) is 15.1. The van der Waals surface area contributed by atoms with E-state index in [1.807, 2.05) is 48.7 Å². The SMILES string of the molecule is Cc1ccccc1[C@H](C(=O)NC1CCCCC1)N(Cc1ccco1)C(=O)c1cccs1. The molecule has 0 radical (unpaired) electrons. The minimum absolute atomic E-state index is 0.127. The molecule has 4 rings (SSSR count). The van der Waals surface area contributed by atoms with Crippen molar-refractivity contribution >= 4 is 23.2 Å². The first-order valence-corrected chi connectivity index (χ1v) is 11.7. The third kappa shape index (κ3) is 5.07. The average Bonchev–Trinajstić information content (AvgIpc) is 3.49. The first kappa shape index (κ1) is 21.4. The Kier molecular flexibility index (Phi) is 6.87. The average molecular weight is 437 g/mol. The van der Waals surface area contributed by atoms with E-state index in [2.05, 4.69) is 5.32 Å². The molecule has 0 unspecified atom stereocenters. The van der Waals surface area contributed by atoms with Crippen LogP contribution in [0, 0.1) is 6.92 Å². The molecule has 1 aliphatic carbocycles. The second kappa shape index (κ2) is 9.96. The van der Waals surface area contributed by atoms with Gasteiger partial charge in [-0.15, -0.1) is 11.3 Å². The Morgan fingerprint density at radius 2 is 1.90 bits per heavy atom. The zero-order chi connectivity index (χ0) is 21.6. The molecule has 0 saturated heterocycles. The van der Waals surface area contributed by atoms with E-state index in [-0.39, 0.29) is 24.4 Å². The number of thiophene rings is 1. The molecule has 0 spiro atoms. The highest BCUT2D eigenvalue weighted by molar-refractivity contribution is 7.12. The van der Waals surface area contributed by atoms with Gasteiger partial charge in [0.15, 0.2) is 0 Å². The van der Waals surface area contributed by atoms with Gasteiger partial charge in [-0.25, -0.2) is 0 Å². The fourth-order valence-corrected chi connectivity index (χ4v) is 4.94. The van der Waals surface area contributed by atoms with E-state index in [1.54, 1.807) is 23.3 Å². The minimum Gasteiger partial charge on any atom is -0.467 e. The Balaban J connectivity index is 1.72. The van der Waals surface area contributed by atoms with Gasteiger partial charge in [0.25, 0.3) is 5.91 Å². The van der Waals surface area contributed by atoms with Gasteiger partial charge in [0.2, 0.25) is 5.91 Å². The molecular formula is C25H28N2O3S. The highest BCUT2D eigenvalue weighted by Gasteiger charge is 2.35. The van der Waals surface area contributed by atoms with E-state index in [0.29, 0.717) is 10.6 Å². The maximum absolute atomic E-state index is 13.7. The lowest BCUT2D eigenvalue weighted by atomic mass is 9.94. The number of carbonyl (C=O) groups excluding carboxylic acids is 2. The number of nitrogens with one attached hydrogen (secondary N) is 1. The van der Waals surface area contributed by atoms with Crippen LogP contribution in [-0.4, -0.2) is 22.8 Å². The summed E-state index contributed by atoms with van der Waals surface area (Å²) >= 11 is 1.38. The summed E-state index contributed by atoms with van der Waals surface area (Å²) in [7, 11) is 0. The van der Waals surface area contributed by atoms with Crippen LogP contribution >= 0.6 is 11.3 Å². The molecule has 162 valence electrons. The Bertz CT molecular complexity index is 992. The van der Waals surface area contributed by atoms with Crippen molar-refractivity contribution in [2.75, 3.05) is 0 Å². The first-order valence-electron chi connectivity index (χ1n) is 10.9. The van der Waals surface area contributed by atoms with Crippen LogP contribution < -0.4 is 5.32 Å². The van der Waals surface area contributed by atoms with Crippen LogP contribution in [-0.2, 0) is 11.3 Å². The van der Waals surface area contributed by atoms with Crippen molar-refractivity contribution < 1.29 is 14.0 Å². The maximum Gasteiger partial charge on any atom is 0.265 e. The normalized spacial score (nSPS) is 15.4. The van der Waals surface area contributed by atoms with Crippen molar-refractivity contribution in [3.63, 3.8) is 0 Å². The summed E-state index contributed by atoms with van der Waals surface area (Å²) in [6.45, 7) is 2.21. The van der Waals surface area contributed by atoms with E-state index in [1.165, 1.54) is 17.8 Å². The molecular weight excluding hydrogens is 408 g/mol. The quantitative estimate of drug-likeness (QED) is 0.533. The molecule has 1 atom stereocenters. The third-order valence-corrected chi connectivity index (χ3v) is 6.75. The molecule has 1 aliphatic rings. The molecule has 1 fully saturated rings. The molecule has 0 bridgehead atoms. The maximum atomic E-state index is 13.7. The van der Waals surface area contributed by atoms with Gasteiger partial charge in [-0.3, -0.25) is 9.59 Å². The predicted molar refractivity (Wildman–Crippen MR) is 122 cm³/mol. The summed E-state index contributed by atoms with van der Waals surface area (Å²) in [5.74, 6) is 0.352. The number of aryl methyl sites for hydroxylation is 1. The van der Waals surface area contributed by atoms with Crippen LogP contribution in [0.3, 0.4) is 0 Å². The topological polar surface area (TPSA) is 62.6 Å². The second-order valence-electron chi connectivity index (χ2n) is 8.09. The standard InChI is InChI=1S/C25H28N2O3S/c1-18-9-5-6-13-21(18)23(24(28)26-19-10-3-2-4-11-19)27(17-20-12-7-15-30-20)25(29)22-14-8-16-31-22/h5-9,12-16,19,23H,2-4,10-11,17H2,1H3,(H,26,28)/t23-/m1/s1. The van der Waals surface area contributed by atoms with E-state index in [9.17, 15) is 9.59 Å². The van der Waals surface area contributed by atoms with Gasteiger partial charge in [0.1, 0.15) is 11.8 Å². The summed E-state index contributed by atoms with van der Waals surface area (Å²) < 4.78 is 5.56. The lowest BCUT2D eigenvalue weighted by Crippen LogP contribution is -2.47. The van der Waals surface area contributed by atoms with Gasteiger partial charge >= 0.3 is 0 Å². The summed E-state index contributed by atoms with van der Waals surface area (Å²) in [5.41, 5.74) is 1.82. The zero-order valence-corrected chi connectivity index (χ0v) is 18.6. The zero-order valence-electron chi connectivity index (χ0n) is 17.8. The number of rotatable bonds is 7. The summed E-state index contributed by atoms with van der Waals surface area (Å²) in [6.07, 6.45) is 7.05. The molecule has 1 aromatic carbocycles. The molecule has 1 saturated carbocycles. The van der Waals surface area contributed by atoms with Crippen molar-refractivity contribution in [3.05, 3.63) is 81.9 Å². The molecule has 2 amide bonds. The van der Waals surface area contributed by atoms with Crippen molar-refractivity contribution in [2.45, 2.75) is 57.7 Å². The number of furan rings is 1. The minimum atomic E-state index is -0.733. The number of hydrogen-bond donors (Lipinski definition) is 1. The van der Waals surface area contributed by atoms with E-state index >= 15 is 0 Å². The number of nitrogens with zero attached hydrogens (tertiary/aromatic N) is 1. The van der Waals surface area contributed by atoms with Crippen LogP contribution in [0.25, 0.3) is 0 Å². The van der Waals surface area contributed by atoms with Gasteiger partial charge in [-0.05, 0) is 54.5 Å². The molecule has 6 heteroatoms. The van der Waals surface area contributed by atoms with E-state index in [0.717, 1.165) is 36.8 Å². The number of carbonyl (C=O) groups is 2. The monoisotopic (exact) mass is 436 g/mol. The highest BCUT2D eigenvalue weighted by Crippen LogP contribution is 2.30. The molecule has 2 aromatic heterocycles. The van der Waals surface area contributed by atoms with E-state index < -0.39 is 6.04 Å². The summed E-state index contributed by atoms with van der Waals surface area (Å²) in [5, 5.41) is 5.12. The Hall–Kier alpha value is -2.86. The van der Waals surface area contributed by atoms with Crippen molar-refractivity contribution in [2.24, 2.45) is 0 Å². The molecule has 1 N–H and O–H groups in total. The van der Waals surface area contributed by atoms with Crippen molar-refractivity contribution in [1.82, 2.24) is 10.2 Å². The van der Waals surface area contributed by atoms with Gasteiger partial charge in [0, 0.05) is 6.04 Å². The van der Waals surface area contributed by atoms with Crippen LogP contribution in [0.1, 0.15) is 64.7 Å². The smallest absolute Gasteiger partial charge is 0.265 e. The number of hydrogen-bond acceptors (Lipinski definition) is 4. The van der Waals surface area contributed by atoms with Gasteiger partial charge < -0.3 is 14.6 Å². The van der Waals surface area contributed by atoms with E-state index in [4.69, 9.17) is 4.42 Å². The highest BCUT2D eigenvalue weighted by atomic mass is 32.1. The Labute approximate surface area is 187 Å². The Morgan fingerprint density at radius 3 is 2.58 bits per heavy atom. The molecule has 3 aromatic rings. The fourth-order valence-electron chi connectivity index (χ4n) is 4.26. The number of amides is 2. The number of benzene rings is 1.